The summed E-state index contributed by atoms with van der Waals surface area (Å²) < 4.78 is 25.5. The zero-order valence-electron chi connectivity index (χ0n) is 13.4. The van der Waals surface area contributed by atoms with E-state index in [1.165, 1.54) is 6.07 Å². The maximum absolute atomic E-state index is 14.0. The molecule has 1 fully saturated rings. The average Bonchev–Trinajstić information content (AvgIpc) is 3.14. The van der Waals surface area contributed by atoms with Gasteiger partial charge < -0.3 is 9.15 Å². The van der Waals surface area contributed by atoms with Crippen molar-refractivity contribution in [3.63, 3.8) is 0 Å². The van der Waals surface area contributed by atoms with Crippen LogP contribution in [0, 0.1) is 5.82 Å². The summed E-state index contributed by atoms with van der Waals surface area (Å²) in [5.74, 6) is 0.287. The molecule has 1 saturated heterocycles. The van der Waals surface area contributed by atoms with Crippen molar-refractivity contribution >= 4 is 11.6 Å². The summed E-state index contributed by atoms with van der Waals surface area (Å²) >= 11 is 6.03. The molecule has 6 heteroatoms. The molecule has 2 aromatic carbocycles. The van der Waals surface area contributed by atoms with Gasteiger partial charge in [0.15, 0.2) is 0 Å². The number of nitrogens with zero attached hydrogens (tertiary/aromatic N) is 2. The van der Waals surface area contributed by atoms with Gasteiger partial charge in [0.2, 0.25) is 5.89 Å². The Balaban J connectivity index is 1.79. The summed E-state index contributed by atoms with van der Waals surface area (Å²) in [6.45, 7) is 1.19. The maximum atomic E-state index is 14.0. The van der Waals surface area contributed by atoms with E-state index in [0.717, 1.165) is 5.56 Å². The Morgan fingerprint density at radius 1 is 0.960 bits per heavy atom. The minimum Gasteiger partial charge on any atom is -0.420 e. The third-order valence-corrected chi connectivity index (χ3v) is 4.93. The van der Waals surface area contributed by atoms with E-state index in [-0.39, 0.29) is 11.7 Å². The molecule has 0 N–H and O–H groups in total. The van der Waals surface area contributed by atoms with Gasteiger partial charge in [-0.15, -0.1) is 10.2 Å². The van der Waals surface area contributed by atoms with Crippen molar-refractivity contribution in [1.29, 1.82) is 0 Å². The second kappa shape index (κ2) is 6.58. The Hall–Kier alpha value is -2.24. The first kappa shape index (κ1) is 16.2. The lowest BCUT2D eigenvalue weighted by Crippen LogP contribution is -2.35. The number of ether oxygens (including phenoxy) is 1. The molecule has 0 amide bonds. The van der Waals surface area contributed by atoms with Crippen LogP contribution >= 0.6 is 11.6 Å². The van der Waals surface area contributed by atoms with E-state index < -0.39 is 5.41 Å². The highest BCUT2D eigenvalue weighted by Gasteiger charge is 2.41. The monoisotopic (exact) mass is 358 g/mol. The van der Waals surface area contributed by atoms with Gasteiger partial charge in [0.25, 0.3) is 5.89 Å². The molecule has 0 bridgehead atoms. The average molecular weight is 359 g/mol. The van der Waals surface area contributed by atoms with Crippen LogP contribution in [0.4, 0.5) is 4.39 Å². The predicted molar refractivity (Wildman–Crippen MR) is 92.0 cm³/mol. The molecule has 0 aliphatic carbocycles. The van der Waals surface area contributed by atoms with Gasteiger partial charge in [-0.05, 0) is 42.7 Å². The minimum absolute atomic E-state index is 0.188. The van der Waals surface area contributed by atoms with Crippen LogP contribution in [0.2, 0.25) is 5.02 Å². The van der Waals surface area contributed by atoms with Crippen molar-refractivity contribution in [3.8, 4) is 11.5 Å². The number of rotatable bonds is 3. The van der Waals surface area contributed by atoms with Crippen molar-refractivity contribution in [2.24, 2.45) is 0 Å². The summed E-state index contributed by atoms with van der Waals surface area (Å²) in [6, 6.07) is 14.0. The number of halogens is 2. The molecule has 0 saturated carbocycles. The topological polar surface area (TPSA) is 48.2 Å². The van der Waals surface area contributed by atoms with Crippen LogP contribution in [0.1, 0.15) is 24.3 Å². The fourth-order valence-electron chi connectivity index (χ4n) is 3.27. The zero-order chi connectivity index (χ0) is 17.3. The lowest BCUT2D eigenvalue weighted by atomic mass is 9.74. The van der Waals surface area contributed by atoms with Gasteiger partial charge in [-0.3, -0.25) is 0 Å². The van der Waals surface area contributed by atoms with E-state index in [9.17, 15) is 4.39 Å². The van der Waals surface area contributed by atoms with Gasteiger partial charge in [-0.25, -0.2) is 4.39 Å². The molecule has 3 aromatic rings. The van der Waals surface area contributed by atoms with Gasteiger partial charge in [0, 0.05) is 18.2 Å². The SMILES string of the molecule is Fc1ccccc1-c1nnc(C2(c3ccc(Cl)cc3)CCOCC2)o1. The van der Waals surface area contributed by atoms with Crippen LogP contribution in [0.25, 0.3) is 11.5 Å². The molecule has 1 aromatic heterocycles. The number of aromatic nitrogens is 2. The molecule has 1 aliphatic heterocycles. The summed E-state index contributed by atoms with van der Waals surface area (Å²) in [4.78, 5) is 0. The highest BCUT2D eigenvalue weighted by Crippen LogP contribution is 2.41. The molecular formula is C19H16ClFN2O2. The van der Waals surface area contributed by atoms with E-state index in [2.05, 4.69) is 10.2 Å². The van der Waals surface area contributed by atoms with Gasteiger partial charge in [0.1, 0.15) is 5.82 Å². The highest BCUT2D eigenvalue weighted by molar-refractivity contribution is 6.30. The predicted octanol–water partition coefficient (Wildman–Crippen LogP) is 4.63. The summed E-state index contributed by atoms with van der Waals surface area (Å²) in [5.41, 5.74) is 0.905. The molecule has 0 atom stereocenters. The number of hydrogen-bond donors (Lipinski definition) is 0. The molecular weight excluding hydrogens is 343 g/mol. The molecule has 25 heavy (non-hydrogen) atoms. The van der Waals surface area contributed by atoms with Gasteiger partial charge >= 0.3 is 0 Å². The van der Waals surface area contributed by atoms with Crippen LogP contribution < -0.4 is 0 Å². The normalized spacial score (nSPS) is 16.7. The Bertz CT molecular complexity index is 873. The second-order valence-electron chi connectivity index (χ2n) is 6.09. The van der Waals surface area contributed by atoms with Crippen LogP contribution in [0.15, 0.2) is 52.9 Å². The Morgan fingerprint density at radius 3 is 2.40 bits per heavy atom. The molecule has 128 valence electrons. The molecule has 2 heterocycles. The van der Waals surface area contributed by atoms with Gasteiger partial charge in [-0.2, -0.15) is 0 Å². The molecule has 0 unspecified atom stereocenters. The van der Waals surface area contributed by atoms with Crippen LogP contribution in [0.3, 0.4) is 0 Å². The fraction of sp³-hybridized carbons (Fsp3) is 0.263. The summed E-state index contributed by atoms with van der Waals surface area (Å²) in [7, 11) is 0. The Kier molecular flexibility index (Phi) is 4.27. The molecule has 0 spiro atoms. The van der Waals surface area contributed by atoms with Crippen molar-refractivity contribution in [2.75, 3.05) is 13.2 Å². The fourth-order valence-corrected chi connectivity index (χ4v) is 3.40. The highest BCUT2D eigenvalue weighted by atomic mass is 35.5. The molecule has 0 radical (unpaired) electrons. The molecule has 1 aliphatic rings. The largest absolute Gasteiger partial charge is 0.420 e. The lowest BCUT2D eigenvalue weighted by Gasteiger charge is -2.34. The summed E-state index contributed by atoms with van der Waals surface area (Å²) in [5, 5.41) is 9.01. The van der Waals surface area contributed by atoms with Crippen molar-refractivity contribution < 1.29 is 13.5 Å². The Morgan fingerprint density at radius 2 is 1.68 bits per heavy atom. The van der Waals surface area contributed by atoms with Crippen molar-refractivity contribution in [3.05, 3.63) is 70.8 Å². The maximum Gasteiger partial charge on any atom is 0.250 e. The molecule has 4 rings (SSSR count). The Labute approximate surface area is 149 Å². The smallest absolute Gasteiger partial charge is 0.250 e. The second-order valence-corrected chi connectivity index (χ2v) is 6.53. The van der Waals surface area contributed by atoms with E-state index in [1.807, 2.05) is 24.3 Å². The van der Waals surface area contributed by atoms with E-state index in [0.29, 0.717) is 42.5 Å². The van der Waals surface area contributed by atoms with Crippen LogP contribution in [0.5, 0.6) is 0 Å². The van der Waals surface area contributed by atoms with Crippen LogP contribution in [-0.4, -0.2) is 23.4 Å². The first-order chi connectivity index (χ1) is 12.2. The van der Waals surface area contributed by atoms with Gasteiger partial charge in [0.05, 0.1) is 11.0 Å². The first-order valence-electron chi connectivity index (χ1n) is 8.12. The lowest BCUT2D eigenvalue weighted by molar-refractivity contribution is 0.0546. The number of benzene rings is 2. The zero-order valence-corrected chi connectivity index (χ0v) is 14.2. The minimum atomic E-state index is -0.445. The third kappa shape index (κ3) is 2.94. The van der Waals surface area contributed by atoms with Crippen molar-refractivity contribution in [2.45, 2.75) is 18.3 Å². The summed E-state index contributed by atoms with van der Waals surface area (Å²) in [6.07, 6.45) is 1.43. The van der Waals surface area contributed by atoms with Crippen molar-refractivity contribution in [1.82, 2.24) is 10.2 Å². The quantitative estimate of drug-likeness (QED) is 0.685. The number of hydrogen-bond acceptors (Lipinski definition) is 4. The molecule has 4 nitrogen and oxygen atoms in total. The standard InChI is InChI=1S/C19H16ClFN2O2/c20-14-7-5-13(6-8-14)19(9-11-24-12-10-19)18-23-22-17(25-18)15-3-1-2-4-16(15)21/h1-8H,9-12H2. The van der Waals surface area contributed by atoms with E-state index >= 15 is 0 Å². The van der Waals surface area contributed by atoms with Crippen LogP contribution in [-0.2, 0) is 10.2 Å². The van der Waals surface area contributed by atoms with E-state index in [4.69, 9.17) is 20.8 Å². The van der Waals surface area contributed by atoms with E-state index in [1.54, 1.807) is 18.2 Å². The first-order valence-corrected chi connectivity index (χ1v) is 8.49. The third-order valence-electron chi connectivity index (χ3n) is 4.68. The van der Waals surface area contributed by atoms with Gasteiger partial charge in [-0.1, -0.05) is 35.9 Å².